The van der Waals surface area contributed by atoms with Gasteiger partial charge in [0.1, 0.15) is 0 Å². The molecule has 1 aliphatic rings. The number of nitrogens with one attached hydrogen (secondary N) is 1. The lowest BCUT2D eigenvalue weighted by atomic mass is 10.1. The number of aromatic amines is 1. The molecule has 0 bridgehead atoms. The van der Waals surface area contributed by atoms with Crippen LogP contribution in [0.5, 0.6) is 0 Å². The Kier molecular flexibility index (Phi) is 6.82. The van der Waals surface area contributed by atoms with Gasteiger partial charge in [-0.1, -0.05) is 52.8 Å². The molecule has 2 heterocycles. The number of aromatic nitrogens is 3. The molecule has 1 aliphatic heterocycles. The number of carbonyl (C=O) groups excluding carboxylic acids is 1. The normalized spacial score (nSPS) is 19.5. The maximum absolute atomic E-state index is 12.9. The summed E-state index contributed by atoms with van der Waals surface area (Å²) in [6, 6.07) is 7.44. The van der Waals surface area contributed by atoms with E-state index in [-0.39, 0.29) is 35.2 Å². The van der Waals surface area contributed by atoms with E-state index in [1.165, 1.54) is 11.8 Å². The summed E-state index contributed by atoms with van der Waals surface area (Å²) >= 11 is 4.75. The van der Waals surface area contributed by atoms with E-state index in [4.69, 9.17) is 0 Å². The first-order valence-corrected chi connectivity index (χ1v) is 12.7. The fourth-order valence-corrected chi connectivity index (χ4v) is 6.14. The number of hydrogen-bond donors (Lipinski definition) is 1. The molecule has 10 heteroatoms. The highest BCUT2D eigenvalue weighted by Gasteiger charge is 2.36. The van der Waals surface area contributed by atoms with Gasteiger partial charge in [-0.3, -0.25) is 9.89 Å². The molecule has 7 nitrogen and oxygen atoms in total. The van der Waals surface area contributed by atoms with Gasteiger partial charge in [0.15, 0.2) is 15.7 Å². The molecule has 2 aromatic rings. The van der Waals surface area contributed by atoms with Crippen LogP contribution in [0.1, 0.15) is 26.7 Å². The van der Waals surface area contributed by atoms with Crippen LogP contribution in [0.3, 0.4) is 0 Å². The van der Waals surface area contributed by atoms with Crippen molar-refractivity contribution in [3.8, 4) is 11.4 Å². The average molecular weight is 487 g/mol. The van der Waals surface area contributed by atoms with Gasteiger partial charge in [-0.15, -0.1) is 5.10 Å². The van der Waals surface area contributed by atoms with Crippen molar-refractivity contribution in [1.29, 1.82) is 0 Å². The molecular formula is C18H23BrN4O3S2. The van der Waals surface area contributed by atoms with E-state index < -0.39 is 9.84 Å². The van der Waals surface area contributed by atoms with E-state index in [1.807, 2.05) is 38.1 Å². The zero-order valence-electron chi connectivity index (χ0n) is 15.8. The van der Waals surface area contributed by atoms with Crippen LogP contribution in [0.4, 0.5) is 0 Å². The Morgan fingerprint density at radius 3 is 2.82 bits per heavy atom. The molecule has 0 radical (unpaired) electrons. The molecule has 1 aromatic heterocycles. The number of carbonyl (C=O) groups is 1. The molecule has 0 saturated carbocycles. The monoisotopic (exact) mass is 486 g/mol. The Labute approximate surface area is 177 Å². The van der Waals surface area contributed by atoms with Gasteiger partial charge in [0.05, 0.1) is 17.3 Å². The molecule has 1 fully saturated rings. The molecule has 1 saturated heterocycles. The molecule has 3 rings (SSSR count). The Balaban J connectivity index is 1.67. The molecule has 0 unspecified atom stereocenters. The van der Waals surface area contributed by atoms with Crippen LogP contribution < -0.4 is 0 Å². The van der Waals surface area contributed by atoms with Crippen molar-refractivity contribution >= 4 is 43.4 Å². The standard InChI is InChI=1S/C18H23BrN4O3S2/c1-3-12(2)23(13-8-9-28(25,26)11-13)16(24)10-27-18-20-17(21-22-18)14-6-4-5-7-15(14)19/h4-7,12-13H,3,8-11H2,1-2H3,(H,20,21,22)/t12-,13-/m0/s1. The SMILES string of the molecule is CC[C@H](C)N(C(=O)CSc1n[nH]c(-c2ccccc2Br)n1)[C@H]1CCS(=O)(=O)C1. The molecule has 28 heavy (non-hydrogen) atoms. The number of H-pyrrole nitrogens is 1. The van der Waals surface area contributed by atoms with Crippen molar-refractivity contribution in [2.45, 2.75) is 43.9 Å². The van der Waals surface area contributed by atoms with Gasteiger partial charge >= 0.3 is 0 Å². The predicted octanol–water partition coefficient (Wildman–Crippen LogP) is 3.14. The van der Waals surface area contributed by atoms with Gasteiger partial charge in [0, 0.05) is 22.1 Å². The summed E-state index contributed by atoms with van der Waals surface area (Å²) in [6.45, 7) is 3.96. The second kappa shape index (κ2) is 8.96. The van der Waals surface area contributed by atoms with Crippen LogP contribution in [0.25, 0.3) is 11.4 Å². The maximum atomic E-state index is 12.9. The molecular weight excluding hydrogens is 464 g/mol. The van der Waals surface area contributed by atoms with Crippen molar-refractivity contribution in [2.24, 2.45) is 0 Å². The minimum absolute atomic E-state index is 0.00521. The largest absolute Gasteiger partial charge is 0.335 e. The van der Waals surface area contributed by atoms with Crippen LogP contribution in [-0.2, 0) is 14.6 Å². The van der Waals surface area contributed by atoms with Crippen molar-refractivity contribution in [2.75, 3.05) is 17.3 Å². The van der Waals surface area contributed by atoms with Gasteiger partial charge in [0.2, 0.25) is 11.1 Å². The molecule has 1 aromatic carbocycles. The number of thioether (sulfide) groups is 1. The summed E-state index contributed by atoms with van der Waals surface area (Å²) in [4.78, 5) is 19.1. The molecule has 0 aliphatic carbocycles. The number of halogens is 1. The van der Waals surface area contributed by atoms with E-state index in [9.17, 15) is 13.2 Å². The summed E-state index contributed by atoms with van der Waals surface area (Å²) < 4.78 is 24.6. The van der Waals surface area contributed by atoms with Crippen LogP contribution in [0.15, 0.2) is 33.9 Å². The van der Waals surface area contributed by atoms with Gasteiger partial charge in [-0.25, -0.2) is 13.4 Å². The summed E-state index contributed by atoms with van der Waals surface area (Å²) in [7, 11) is -3.05. The van der Waals surface area contributed by atoms with Crippen molar-refractivity contribution in [1.82, 2.24) is 20.1 Å². The quantitative estimate of drug-likeness (QED) is 0.603. The zero-order chi connectivity index (χ0) is 20.3. The van der Waals surface area contributed by atoms with E-state index in [0.717, 1.165) is 16.5 Å². The molecule has 0 spiro atoms. The Bertz CT molecular complexity index is 948. The number of rotatable bonds is 7. The first kappa shape index (κ1) is 21.3. The van der Waals surface area contributed by atoms with Gasteiger partial charge in [-0.05, 0) is 25.8 Å². The number of hydrogen-bond acceptors (Lipinski definition) is 6. The summed E-state index contributed by atoms with van der Waals surface area (Å²) in [5, 5.41) is 7.58. The van der Waals surface area contributed by atoms with Gasteiger partial charge in [-0.2, -0.15) is 0 Å². The van der Waals surface area contributed by atoms with Crippen molar-refractivity contribution in [3.05, 3.63) is 28.7 Å². The van der Waals surface area contributed by atoms with E-state index >= 15 is 0 Å². The molecule has 1 N–H and O–H groups in total. The third-order valence-corrected chi connectivity index (χ3v) is 8.15. The van der Waals surface area contributed by atoms with Gasteiger partial charge < -0.3 is 4.90 Å². The highest BCUT2D eigenvalue weighted by Crippen LogP contribution is 2.27. The first-order valence-electron chi connectivity index (χ1n) is 9.12. The number of nitrogens with zero attached hydrogens (tertiary/aromatic N) is 3. The lowest BCUT2D eigenvalue weighted by Gasteiger charge is -2.33. The molecule has 152 valence electrons. The minimum atomic E-state index is -3.05. The van der Waals surface area contributed by atoms with Crippen molar-refractivity contribution < 1.29 is 13.2 Å². The molecule has 2 atom stereocenters. The predicted molar refractivity (Wildman–Crippen MR) is 114 cm³/mol. The van der Waals surface area contributed by atoms with Crippen LogP contribution >= 0.6 is 27.7 Å². The lowest BCUT2D eigenvalue weighted by Crippen LogP contribution is -2.47. The smallest absolute Gasteiger partial charge is 0.233 e. The Morgan fingerprint density at radius 2 is 2.18 bits per heavy atom. The zero-order valence-corrected chi connectivity index (χ0v) is 19.0. The second-order valence-corrected chi connectivity index (χ2v) is 10.9. The summed E-state index contributed by atoms with van der Waals surface area (Å²) in [5.74, 6) is 0.937. The average Bonchev–Trinajstić information content (AvgIpc) is 3.26. The summed E-state index contributed by atoms with van der Waals surface area (Å²) in [6.07, 6.45) is 1.29. The number of benzene rings is 1. The fourth-order valence-electron chi connectivity index (χ4n) is 3.29. The topological polar surface area (TPSA) is 96.0 Å². The number of sulfone groups is 1. The van der Waals surface area contributed by atoms with Crippen LogP contribution in [0.2, 0.25) is 0 Å². The Morgan fingerprint density at radius 1 is 1.43 bits per heavy atom. The third-order valence-electron chi connectivity index (χ3n) is 4.87. The highest BCUT2D eigenvalue weighted by molar-refractivity contribution is 9.10. The lowest BCUT2D eigenvalue weighted by molar-refractivity contribution is -0.132. The van der Waals surface area contributed by atoms with Crippen LogP contribution in [-0.4, -0.2) is 63.7 Å². The van der Waals surface area contributed by atoms with E-state index in [0.29, 0.717) is 17.4 Å². The first-order chi connectivity index (χ1) is 13.3. The summed E-state index contributed by atoms with van der Waals surface area (Å²) in [5.41, 5.74) is 0.894. The van der Waals surface area contributed by atoms with E-state index in [2.05, 4.69) is 31.1 Å². The van der Waals surface area contributed by atoms with Gasteiger partial charge in [0.25, 0.3) is 0 Å². The van der Waals surface area contributed by atoms with E-state index in [1.54, 1.807) is 4.90 Å². The van der Waals surface area contributed by atoms with Crippen molar-refractivity contribution in [3.63, 3.8) is 0 Å². The Hall–Kier alpha value is -1.39. The third kappa shape index (κ3) is 4.96. The molecule has 1 amide bonds. The number of amides is 1. The van der Waals surface area contributed by atoms with Crippen LogP contribution in [0, 0.1) is 0 Å². The minimum Gasteiger partial charge on any atom is -0.335 e. The second-order valence-electron chi connectivity index (χ2n) is 6.85. The highest BCUT2D eigenvalue weighted by atomic mass is 79.9. The fraction of sp³-hybridized carbons (Fsp3) is 0.500. The maximum Gasteiger partial charge on any atom is 0.233 e.